The summed E-state index contributed by atoms with van der Waals surface area (Å²) in [6.07, 6.45) is 4.68. The Hall–Kier alpha value is -2.15. The minimum atomic E-state index is -0.904. The Morgan fingerprint density at radius 2 is 2.15 bits per heavy atom. The van der Waals surface area contributed by atoms with Gasteiger partial charge < -0.3 is 5.11 Å². The summed E-state index contributed by atoms with van der Waals surface area (Å²) in [6.45, 7) is 9.12. The van der Waals surface area contributed by atoms with Crippen LogP contribution in [-0.2, 0) is 38.8 Å². The summed E-state index contributed by atoms with van der Waals surface area (Å²) in [7, 11) is 0. The van der Waals surface area contributed by atoms with E-state index in [9.17, 15) is 9.90 Å². The van der Waals surface area contributed by atoms with Gasteiger partial charge in [-0.2, -0.15) is 10.2 Å². The van der Waals surface area contributed by atoms with Gasteiger partial charge in [-0.25, -0.2) is 4.79 Å². The molecule has 3 heterocycles. The number of nitrogens with one attached hydrogen (secondary N) is 1. The number of hydrogen-bond donors (Lipinski definition) is 2. The first kappa shape index (κ1) is 18.2. The molecule has 0 saturated carbocycles. The highest BCUT2D eigenvalue weighted by Crippen LogP contribution is 2.31. The Morgan fingerprint density at radius 3 is 2.85 bits per heavy atom. The fourth-order valence-corrected chi connectivity index (χ4v) is 4.63. The van der Waals surface area contributed by atoms with Gasteiger partial charge in [-0.05, 0) is 31.6 Å². The first-order chi connectivity index (χ1) is 13.0. The van der Waals surface area contributed by atoms with Gasteiger partial charge in [-0.15, -0.1) is 0 Å². The second kappa shape index (κ2) is 7.11. The Kier molecular flexibility index (Phi) is 4.80. The average molecular weight is 371 g/mol. The van der Waals surface area contributed by atoms with Crippen molar-refractivity contribution in [1.29, 1.82) is 0 Å². The molecule has 1 atom stereocenters. The lowest BCUT2D eigenvalue weighted by molar-refractivity contribution is 0.0687. The van der Waals surface area contributed by atoms with Crippen molar-refractivity contribution in [3.05, 3.63) is 33.9 Å². The van der Waals surface area contributed by atoms with E-state index in [2.05, 4.69) is 41.0 Å². The third-order valence-corrected chi connectivity index (χ3v) is 5.96. The van der Waals surface area contributed by atoms with Gasteiger partial charge in [0.25, 0.3) is 0 Å². The zero-order valence-electron chi connectivity index (χ0n) is 16.5. The van der Waals surface area contributed by atoms with Crippen molar-refractivity contribution in [1.82, 2.24) is 24.9 Å². The summed E-state index contributed by atoms with van der Waals surface area (Å²) in [5, 5.41) is 21.8. The molecule has 0 bridgehead atoms. The van der Waals surface area contributed by atoms with Crippen molar-refractivity contribution in [3.8, 4) is 0 Å². The van der Waals surface area contributed by atoms with Crippen LogP contribution >= 0.6 is 0 Å². The van der Waals surface area contributed by atoms with E-state index in [1.807, 2.05) is 4.68 Å². The molecule has 7 nitrogen and oxygen atoms in total. The van der Waals surface area contributed by atoms with E-state index in [1.54, 1.807) is 0 Å². The Balaban J connectivity index is 1.58. The third kappa shape index (κ3) is 3.29. The highest BCUT2D eigenvalue weighted by atomic mass is 16.4. The van der Waals surface area contributed by atoms with E-state index in [0.29, 0.717) is 12.0 Å². The van der Waals surface area contributed by atoms with Gasteiger partial charge in [0.2, 0.25) is 0 Å². The molecule has 1 aliphatic carbocycles. The molecular formula is C20H29N5O2. The Labute approximate surface area is 159 Å². The van der Waals surface area contributed by atoms with E-state index in [4.69, 9.17) is 0 Å². The van der Waals surface area contributed by atoms with Crippen molar-refractivity contribution in [3.63, 3.8) is 0 Å². The number of nitrogens with zero attached hydrogens (tertiary/aromatic N) is 4. The summed E-state index contributed by atoms with van der Waals surface area (Å²) in [6, 6.07) is 0.375. The van der Waals surface area contributed by atoms with Gasteiger partial charge in [0.05, 0.1) is 5.69 Å². The second-order valence-corrected chi connectivity index (χ2v) is 8.25. The predicted molar refractivity (Wildman–Crippen MR) is 102 cm³/mol. The summed E-state index contributed by atoms with van der Waals surface area (Å²) >= 11 is 0. The standard InChI is InChI=1S/C20H29N5O2/c1-4-16-15-11-24(8-7-17(15)22-21-16)13-5-6-18-14(9-13)19(20(26)27)23-25(18)10-12(2)3/h12-13H,4-11H2,1-3H3,(H,21,22)(H,26,27)/t13-/m0/s1. The van der Waals surface area contributed by atoms with Crippen LogP contribution in [0.15, 0.2) is 0 Å². The number of aromatic amines is 1. The lowest BCUT2D eigenvalue weighted by Gasteiger charge is -2.37. The number of aromatic nitrogens is 4. The number of aromatic carboxylic acids is 1. The maximum atomic E-state index is 11.8. The molecule has 0 fully saturated rings. The largest absolute Gasteiger partial charge is 0.476 e. The summed E-state index contributed by atoms with van der Waals surface area (Å²) < 4.78 is 1.94. The van der Waals surface area contributed by atoms with E-state index >= 15 is 0 Å². The Morgan fingerprint density at radius 1 is 1.33 bits per heavy atom. The maximum Gasteiger partial charge on any atom is 0.356 e. The van der Waals surface area contributed by atoms with Crippen LogP contribution in [0.5, 0.6) is 0 Å². The van der Waals surface area contributed by atoms with Crippen molar-refractivity contribution < 1.29 is 9.90 Å². The van der Waals surface area contributed by atoms with Gasteiger partial charge in [0, 0.05) is 54.6 Å². The molecule has 4 rings (SSSR count). The number of carboxylic acids is 1. The third-order valence-electron chi connectivity index (χ3n) is 5.96. The summed E-state index contributed by atoms with van der Waals surface area (Å²) in [5.41, 5.74) is 6.13. The van der Waals surface area contributed by atoms with Gasteiger partial charge in [-0.3, -0.25) is 14.7 Å². The number of carboxylic acid groups (broad SMARTS) is 1. The van der Waals surface area contributed by atoms with Gasteiger partial charge in [0.1, 0.15) is 0 Å². The molecule has 2 aliphatic rings. The van der Waals surface area contributed by atoms with Gasteiger partial charge in [-0.1, -0.05) is 20.8 Å². The molecule has 2 aromatic rings. The topological polar surface area (TPSA) is 87.0 Å². The normalized spacial score (nSPS) is 19.9. The monoisotopic (exact) mass is 371 g/mol. The number of rotatable bonds is 5. The smallest absolute Gasteiger partial charge is 0.356 e. The van der Waals surface area contributed by atoms with Crippen LogP contribution in [0, 0.1) is 5.92 Å². The van der Waals surface area contributed by atoms with Gasteiger partial charge in [0.15, 0.2) is 5.69 Å². The van der Waals surface area contributed by atoms with Gasteiger partial charge >= 0.3 is 5.97 Å². The molecule has 0 spiro atoms. The molecule has 146 valence electrons. The molecular weight excluding hydrogens is 342 g/mol. The molecule has 1 aliphatic heterocycles. The number of H-pyrrole nitrogens is 1. The van der Waals surface area contributed by atoms with Crippen LogP contribution in [0.25, 0.3) is 0 Å². The maximum absolute atomic E-state index is 11.8. The highest BCUT2D eigenvalue weighted by molar-refractivity contribution is 5.87. The van der Waals surface area contributed by atoms with Crippen molar-refractivity contribution in [2.45, 2.75) is 72.0 Å². The first-order valence-electron chi connectivity index (χ1n) is 10.1. The van der Waals surface area contributed by atoms with Crippen molar-refractivity contribution in [2.75, 3.05) is 6.54 Å². The van der Waals surface area contributed by atoms with Crippen LogP contribution in [-0.4, -0.2) is 48.5 Å². The highest BCUT2D eigenvalue weighted by Gasteiger charge is 2.33. The van der Waals surface area contributed by atoms with Crippen LogP contribution in [0.4, 0.5) is 0 Å². The molecule has 0 unspecified atom stereocenters. The first-order valence-corrected chi connectivity index (χ1v) is 10.1. The van der Waals surface area contributed by atoms with Crippen LogP contribution in [0.2, 0.25) is 0 Å². The number of fused-ring (bicyclic) bond motifs is 2. The van der Waals surface area contributed by atoms with Crippen molar-refractivity contribution >= 4 is 5.97 Å². The number of hydrogen-bond acceptors (Lipinski definition) is 4. The summed E-state index contributed by atoms with van der Waals surface area (Å²) in [5.74, 6) is -0.458. The van der Waals surface area contributed by atoms with E-state index in [-0.39, 0.29) is 5.69 Å². The summed E-state index contributed by atoms with van der Waals surface area (Å²) in [4.78, 5) is 14.3. The minimum Gasteiger partial charge on any atom is -0.476 e. The molecule has 0 amide bonds. The molecule has 0 aromatic carbocycles. The second-order valence-electron chi connectivity index (χ2n) is 8.25. The zero-order chi connectivity index (χ0) is 19.1. The molecule has 27 heavy (non-hydrogen) atoms. The van der Waals surface area contributed by atoms with Crippen LogP contribution in [0.3, 0.4) is 0 Å². The van der Waals surface area contributed by atoms with Crippen molar-refractivity contribution in [2.24, 2.45) is 5.92 Å². The molecule has 2 aromatic heterocycles. The lowest BCUT2D eigenvalue weighted by atomic mass is 9.88. The number of aryl methyl sites for hydroxylation is 1. The SMILES string of the molecule is CCc1n[nH]c2c1CN([C@H]1CCc3c(c(C(=O)O)nn3CC(C)C)C1)CC2. The molecule has 0 saturated heterocycles. The van der Waals surface area contributed by atoms with E-state index in [0.717, 1.165) is 63.0 Å². The quantitative estimate of drug-likeness (QED) is 0.843. The zero-order valence-corrected chi connectivity index (χ0v) is 16.5. The molecule has 2 N–H and O–H groups in total. The minimum absolute atomic E-state index is 0.255. The molecule has 7 heteroatoms. The Bertz CT molecular complexity index is 837. The van der Waals surface area contributed by atoms with E-state index < -0.39 is 5.97 Å². The van der Waals surface area contributed by atoms with Crippen LogP contribution < -0.4 is 0 Å². The van der Waals surface area contributed by atoms with Crippen LogP contribution in [0.1, 0.15) is 65.9 Å². The number of carbonyl (C=O) groups is 1. The fraction of sp³-hybridized carbons (Fsp3) is 0.650. The fourth-order valence-electron chi connectivity index (χ4n) is 4.63. The predicted octanol–water partition coefficient (Wildman–Crippen LogP) is 2.44. The molecule has 0 radical (unpaired) electrons. The lowest BCUT2D eigenvalue weighted by Crippen LogP contribution is -2.42. The average Bonchev–Trinajstić information content (AvgIpc) is 3.21. The van der Waals surface area contributed by atoms with E-state index in [1.165, 1.54) is 17.0 Å².